The molecule has 0 aliphatic carbocycles. The topological polar surface area (TPSA) is 60.0 Å². The molecule has 28 heavy (non-hydrogen) atoms. The second kappa shape index (κ2) is 9.46. The number of carbonyl (C=O) groups excluding carboxylic acids is 1. The smallest absolute Gasteiger partial charge is 0.255 e. The highest BCUT2D eigenvalue weighted by Crippen LogP contribution is 2.25. The van der Waals surface area contributed by atoms with Gasteiger partial charge in [0, 0.05) is 31.7 Å². The van der Waals surface area contributed by atoms with Crippen molar-refractivity contribution in [1.82, 2.24) is 10.2 Å². The van der Waals surface area contributed by atoms with Gasteiger partial charge in [-0.2, -0.15) is 0 Å². The largest absolute Gasteiger partial charge is 0.497 e. The number of piperidine rings is 1. The van der Waals surface area contributed by atoms with Crippen molar-refractivity contribution in [3.05, 3.63) is 53.6 Å². The van der Waals surface area contributed by atoms with Crippen molar-refractivity contribution in [2.75, 3.05) is 34.4 Å². The van der Waals surface area contributed by atoms with Gasteiger partial charge in [-0.1, -0.05) is 12.1 Å². The number of hydrogen-bond acceptors (Lipinski definition) is 5. The van der Waals surface area contributed by atoms with E-state index in [0.29, 0.717) is 17.1 Å². The van der Waals surface area contributed by atoms with E-state index in [2.05, 4.69) is 22.3 Å². The van der Waals surface area contributed by atoms with Crippen LogP contribution in [-0.2, 0) is 6.54 Å². The van der Waals surface area contributed by atoms with Gasteiger partial charge in [-0.3, -0.25) is 9.69 Å². The summed E-state index contributed by atoms with van der Waals surface area (Å²) in [6.45, 7) is 2.79. The monoisotopic (exact) mass is 384 g/mol. The molecular weight excluding hydrogens is 356 g/mol. The molecule has 0 unspecified atom stereocenters. The van der Waals surface area contributed by atoms with Crippen LogP contribution in [0.2, 0.25) is 0 Å². The van der Waals surface area contributed by atoms with Gasteiger partial charge < -0.3 is 19.5 Å². The fourth-order valence-corrected chi connectivity index (χ4v) is 3.51. The summed E-state index contributed by atoms with van der Waals surface area (Å²) in [5.41, 5.74) is 1.77. The molecular formula is C22H28N2O4. The lowest BCUT2D eigenvalue weighted by Gasteiger charge is -2.32. The van der Waals surface area contributed by atoms with Crippen molar-refractivity contribution in [1.29, 1.82) is 0 Å². The maximum atomic E-state index is 12.7. The minimum atomic E-state index is -0.106. The zero-order valence-electron chi connectivity index (χ0n) is 16.7. The van der Waals surface area contributed by atoms with Crippen LogP contribution >= 0.6 is 0 Å². The van der Waals surface area contributed by atoms with E-state index in [1.54, 1.807) is 39.5 Å². The van der Waals surface area contributed by atoms with Crippen molar-refractivity contribution in [2.45, 2.75) is 25.4 Å². The third-order valence-corrected chi connectivity index (χ3v) is 5.12. The number of benzene rings is 2. The third kappa shape index (κ3) is 4.95. The van der Waals surface area contributed by atoms with Crippen LogP contribution in [0.25, 0.3) is 0 Å². The number of carbonyl (C=O) groups is 1. The quantitative estimate of drug-likeness (QED) is 0.795. The Morgan fingerprint density at radius 3 is 2.39 bits per heavy atom. The third-order valence-electron chi connectivity index (χ3n) is 5.12. The Hall–Kier alpha value is -2.73. The summed E-state index contributed by atoms with van der Waals surface area (Å²) >= 11 is 0. The molecule has 3 rings (SSSR count). The summed E-state index contributed by atoms with van der Waals surface area (Å²) in [6.07, 6.45) is 1.85. The SMILES string of the molecule is COc1cccc(CN2CCC(NC(=O)c3ccc(OC)cc3OC)CC2)c1. The molecule has 1 fully saturated rings. The zero-order chi connectivity index (χ0) is 19.9. The number of nitrogens with one attached hydrogen (secondary N) is 1. The molecule has 0 saturated carbocycles. The molecule has 6 heteroatoms. The maximum Gasteiger partial charge on any atom is 0.255 e. The molecule has 0 atom stereocenters. The van der Waals surface area contributed by atoms with Crippen LogP contribution in [0, 0.1) is 0 Å². The Morgan fingerprint density at radius 2 is 1.71 bits per heavy atom. The maximum absolute atomic E-state index is 12.7. The molecule has 1 aliphatic rings. The highest BCUT2D eigenvalue weighted by atomic mass is 16.5. The van der Waals surface area contributed by atoms with E-state index in [9.17, 15) is 4.79 Å². The number of methoxy groups -OCH3 is 3. The fourth-order valence-electron chi connectivity index (χ4n) is 3.51. The molecule has 1 N–H and O–H groups in total. The average molecular weight is 384 g/mol. The molecule has 2 aromatic rings. The minimum absolute atomic E-state index is 0.106. The van der Waals surface area contributed by atoms with Gasteiger partial charge >= 0.3 is 0 Å². The van der Waals surface area contributed by atoms with E-state index in [1.165, 1.54) is 5.56 Å². The molecule has 1 saturated heterocycles. The van der Waals surface area contributed by atoms with Crippen molar-refractivity contribution >= 4 is 5.91 Å². The Labute approximate surface area is 166 Å². The summed E-state index contributed by atoms with van der Waals surface area (Å²) in [5.74, 6) is 1.96. The number of hydrogen-bond donors (Lipinski definition) is 1. The van der Waals surface area contributed by atoms with Crippen LogP contribution in [0.4, 0.5) is 0 Å². The summed E-state index contributed by atoms with van der Waals surface area (Å²) in [5, 5.41) is 3.14. The van der Waals surface area contributed by atoms with E-state index in [0.717, 1.165) is 38.2 Å². The normalized spacial score (nSPS) is 15.1. The van der Waals surface area contributed by atoms with Crippen LogP contribution in [-0.4, -0.2) is 51.3 Å². The van der Waals surface area contributed by atoms with E-state index < -0.39 is 0 Å². The van der Waals surface area contributed by atoms with Crippen LogP contribution < -0.4 is 19.5 Å². The molecule has 0 spiro atoms. The first-order valence-electron chi connectivity index (χ1n) is 9.51. The highest BCUT2D eigenvalue weighted by molar-refractivity contribution is 5.97. The molecule has 0 bridgehead atoms. The molecule has 1 heterocycles. The standard InChI is InChI=1S/C22H28N2O4/c1-26-18-6-4-5-16(13-18)15-24-11-9-17(10-12-24)23-22(25)20-8-7-19(27-2)14-21(20)28-3/h4-8,13-14,17H,9-12,15H2,1-3H3,(H,23,25). The lowest BCUT2D eigenvalue weighted by Crippen LogP contribution is -2.44. The minimum Gasteiger partial charge on any atom is -0.497 e. The predicted octanol–water partition coefficient (Wildman–Crippen LogP) is 3.11. The summed E-state index contributed by atoms with van der Waals surface area (Å²) in [4.78, 5) is 15.1. The molecule has 0 aromatic heterocycles. The Bertz CT molecular complexity index is 801. The van der Waals surface area contributed by atoms with Crippen LogP contribution in [0.15, 0.2) is 42.5 Å². The van der Waals surface area contributed by atoms with E-state index >= 15 is 0 Å². The van der Waals surface area contributed by atoms with Gasteiger partial charge in [0.15, 0.2) is 0 Å². The first-order valence-corrected chi connectivity index (χ1v) is 9.51. The van der Waals surface area contributed by atoms with Gasteiger partial charge in [0.05, 0.1) is 26.9 Å². The van der Waals surface area contributed by atoms with Crippen molar-refractivity contribution in [3.8, 4) is 17.2 Å². The van der Waals surface area contributed by atoms with Crippen molar-refractivity contribution in [3.63, 3.8) is 0 Å². The number of likely N-dealkylation sites (tertiary alicyclic amines) is 1. The molecule has 0 radical (unpaired) electrons. The number of nitrogens with zero attached hydrogens (tertiary/aromatic N) is 1. The van der Waals surface area contributed by atoms with Gasteiger partial charge in [0.2, 0.25) is 0 Å². The molecule has 1 amide bonds. The van der Waals surface area contributed by atoms with Gasteiger partial charge in [0.1, 0.15) is 17.2 Å². The molecule has 6 nitrogen and oxygen atoms in total. The fraction of sp³-hybridized carbons (Fsp3) is 0.409. The zero-order valence-corrected chi connectivity index (χ0v) is 16.7. The molecule has 2 aromatic carbocycles. The number of amides is 1. The lowest BCUT2D eigenvalue weighted by molar-refractivity contribution is 0.0906. The second-order valence-electron chi connectivity index (χ2n) is 6.94. The Balaban J connectivity index is 1.53. The Kier molecular flexibility index (Phi) is 6.76. The average Bonchev–Trinajstić information content (AvgIpc) is 2.74. The first-order chi connectivity index (χ1) is 13.6. The van der Waals surface area contributed by atoms with E-state index in [1.807, 2.05) is 12.1 Å². The van der Waals surface area contributed by atoms with E-state index in [-0.39, 0.29) is 11.9 Å². The summed E-state index contributed by atoms with van der Waals surface area (Å²) < 4.78 is 15.8. The molecule has 1 aliphatic heterocycles. The van der Waals surface area contributed by atoms with Gasteiger partial charge in [-0.25, -0.2) is 0 Å². The molecule has 150 valence electrons. The number of ether oxygens (including phenoxy) is 3. The first kappa shape index (κ1) is 20.0. The van der Waals surface area contributed by atoms with Crippen molar-refractivity contribution < 1.29 is 19.0 Å². The van der Waals surface area contributed by atoms with E-state index in [4.69, 9.17) is 14.2 Å². The van der Waals surface area contributed by atoms with Crippen LogP contribution in [0.3, 0.4) is 0 Å². The van der Waals surface area contributed by atoms with Gasteiger partial charge in [-0.15, -0.1) is 0 Å². The van der Waals surface area contributed by atoms with Crippen molar-refractivity contribution in [2.24, 2.45) is 0 Å². The lowest BCUT2D eigenvalue weighted by atomic mass is 10.0. The Morgan fingerprint density at radius 1 is 1.00 bits per heavy atom. The summed E-state index contributed by atoms with van der Waals surface area (Å²) in [6, 6.07) is 13.6. The number of rotatable bonds is 7. The summed E-state index contributed by atoms with van der Waals surface area (Å²) in [7, 11) is 4.83. The van der Waals surface area contributed by atoms with Crippen LogP contribution in [0.5, 0.6) is 17.2 Å². The predicted molar refractivity (Wildman–Crippen MR) is 108 cm³/mol. The highest BCUT2D eigenvalue weighted by Gasteiger charge is 2.22. The van der Waals surface area contributed by atoms with Gasteiger partial charge in [0.25, 0.3) is 5.91 Å². The van der Waals surface area contributed by atoms with Crippen LogP contribution in [0.1, 0.15) is 28.8 Å². The second-order valence-corrected chi connectivity index (χ2v) is 6.94. The van der Waals surface area contributed by atoms with Gasteiger partial charge in [-0.05, 0) is 42.7 Å².